The van der Waals surface area contributed by atoms with Crippen LogP contribution in [0.3, 0.4) is 0 Å². The highest BCUT2D eigenvalue weighted by Gasteiger charge is 2.18. The molecule has 0 aliphatic rings. The van der Waals surface area contributed by atoms with Crippen molar-refractivity contribution in [1.29, 1.82) is 0 Å². The number of thiazole rings is 1. The van der Waals surface area contributed by atoms with Crippen molar-refractivity contribution in [1.82, 2.24) is 10.3 Å². The van der Waals surface area contributed by atoms with Gasteiger partial charge < -0.3 is 15.2 Å². The van der Waals surface area contributed by atoms with Crippen LogP contribution < -0.4 is 10.1 Å². The average molecular weight is 527 g/mol. The van der Waals surface area contributed by atoms with Gasteiger partial charge in [-0.2, -0.15) is 0 Å². The molecule has 1 heterocycles. The van der Waals surface area contributed by atoms with Gasteiger partial charge in [-0.1, -0.05) is 41.4 Å². The van der Waals surface area contributed by atoms with Crippen LogP contribution in [0.15, 0.2) is 60.7 Å². The Balaban J connectivity index is 1.56. The number of carbonyl (C=O) groups is 2. The molecular weight excluding hydrogens is 507 g/mol. The predicted octanol–water partition coefficient (Wildman–Crippen LogP) is 6.73. The highest BCUT2D eigenvalue weighted by Crippen LogP contribution is 2.34. The van der Waals surface area contributed by atoms with Gasteiger partial charge in [-0.15, -0.1) is 11.3 Å². The average Bonchev–Trinajstić information content (AvgIpc) is 3.23. The summed E-state index contributed by atoms with van der Waals surface area (Å²) in [5.74, 6) is -0.651. The van der Waals surface area contributed by atoms with E-state index in [1.54, 1.807) is 56.5 Å². The second-order valence-electron chi connectivity index (χ2n) is 7.65. The van der Waals surface area contributed by atoms with Crippen molar-refractivity contribution in [3.8, 4) is 27.4 Å². The summed E-state index contributed by atoms with van der Waals surface area (Å²) in [4.78, 5) is 29.3. The Kier molecular flexibility index (Phi) is 7.40. The quantitative estimate of drug-likeness (QED) is 0.278. The van der Waals surface area contributed by atoms with E-state index in [0.717, 1.165) is 16.7 Å². The van der Waals surface area contributed by atoms with Gasteiger partial charge in [-0.25, -0.2) is 9.78 Å². The monoisotopic (exact) mass is 526 g/mol. The number of nitrogens with one attached hydrogen (secondary N) is 1. The fourth-order valence-electron chi connectivity index (χ4n) is 3.57. The number of hydrogen-bond donors (Lipinski definition) is 2. The van der Waals surface area contributed by atoms with Gasteiger partial charge in [0, 0.05) is 22.7 Å². The Morgan fingerprint density at radius 3 is 2.54 bits per heavy atom. The van der Waals surface area contributed by atoms with E-state index in [1.807, 2.05) is 18.2 Å². The number of carboxylic acid groups (broad SMARTS) is 1. The second-order valence-corrected chi connectivity index (χ2v) is 9.50. The zero-order valence-electron chi connectivity index (χ0n) is 18.8. The Morgan fingerprint density at radius 1 is 1.06 bits per heavy atom. The van der Waals surface area contributed by atoms with Gasteiger partial charge in [-0.3, -0.25) is 4.79 Å². The minimum absolute atomic E-state index is 0.199. The van der Waals surface area contributed by atoms with Crippen LogP contribution in [0.5, 0.6) is 5.75 Å². The summed E-state index contributed by atoms with van der Waals surface area (Å²) in [5.41, 5.74) is 3.82. The van der Waals surface area contributed by atoms with Crippen molar-refractivity contribution in [3.63, 3.8) is 0 Å². The highest BCUT2D eigenvalue weighted by atomic mass is 35.5. The van der Waals surface area contributed by atoms with Crippen LogP contribution in [0.4, 0.5) is 0 Å². The van der Waals surface area contributed by atoms with Crippen LogP contribution in [0.25, 0.3) is 21.7 Å². The maximum Gasteiger partial charge on any atom is 0.335 e. The van der Waals surface area contributed by atoms with E-state index >= 15 is 0 Å². The molecule has 3 aromatic carbocycles. The van der Waals surface area contributed by atoms with Crippen molar-refractivity contribution < 1.29 is 19.4 Å². The zero-order valence-corrected chi connectivity index (χ0v) is 21.1. The third-order valence-corrected chi connectivity index (χ3v) is 7.06. The molecule has 0 bridgehead atoms. The molecule has 178 valence electrons. The number of carboxylic acids is 1. The molecule has 4 rings (SSSR count). The molecule has 1 aromatic heterocycles. The van der Waals surface area contributed by atoms with Crippen molar-refractivity contribution in [2.45, 2.75) is 13.5 Å². The molecule has 0 fully saturated rings. The smallest absolute Gasteiger partial charge is 0.335 e. The van der Waals surface area contributed by atoms with Crippen LogP contribution in [0.2, 0.25) is 10.0 Å². The fourth-order valence-corrected chi connectivity index (χ4v) is 5.15. The number of hydrogen-bond acceptors (Lipinski definition) is 5. The number of nitrogens with zero attached hydrogens (tertiary/aromatic N) is 1. The van der Waals surface area contributed by atoms with Gasteiger partial charge in [0.05, 0.1) is 23.4 Å². The van der Waals surface area contributed by atoms with Gasteiger partial charge in [-0.05, 0) is 60.5 Å². The molecule has 0 atom stereocenters. The molecule has 35 heavy (non-hydrogen) atoms. The lowest BCUT2D eigenvalue weighted by molar-refractivity contribution is 0.0696. The van der Waals surface area contributed by atoms with Crippen molar-refractivity contribution >= 4 is 46.4 Å². The van der Waals surface area contributed by atoms with Crippen molar-refractivity contribution in [2.75, 3.05) is 7.11 Å². The molecule has 0 radical (unpaired) electrons. The van der Waals surface area contributed by atoms with Crippen molar-refractivity contribution in [2.24, 2.45) is 0 Å². The summed E-state index contributed by atoms with van der Waals surface area (Å²) >= 11 is 13.5. The van der Waals surface area contributed by atoms with Crippen LogP contribution >= 0.6 is 34.5 Å². The van der Waals surface area contributed by atoms with Gasteiger partial charge in [0.1, 0.15) is 15.6 Å². The minimum atomic E-state index is -0.993. The zero-order chi connectivity index (χ0) is 25.1. The van der Waals surface area contributed by atoms with Gasteiger partial charge >= 0.3 is 5.97 Å². The van der Waals surface area contributed by atoms with Crippen LogP contribution in [-0.2, 0) is 6.54 Å². The summed E-state index contributed by atoms with van der Waals surface area (Å²) in [6, 6.07) is 17.3. The standard InChI is InChI=1S/C26H20Cl2N2O4S/c1-14-23(35-25(30-14)20-8-7-19(27)12-21(20)28)24(31)29-13-18-11-16(6-9-22(18)34-2)15-4-3-5-17(10-15)26(32)33/h3-12H,13H2,1-2H3,(H,29,31)(H,32,33). The Hall–Kier alpha value is -3.39. The first-order chi connectivity index (χ1) is 16.8. The van der Waals surface area contributed by atoms with E-state index in [9.17, 15) is 14.7 Å². The number of halogens is 2. The van der Waals surface area contributed by atoms with E-state index in [4.69, 9.17) is 27.9 Å². The number of amides is 1. The largest absolute Gasteiger partial charge is 0.496 e. The number of ether oxygens (including phenoxy) is 1. The van der Waals surface area contributed by atoms with Gasteiger partial charge in [0.15, 0.2) is 0 Å². The summed E-state index contributed by atoms with van der Waals surface area (Å²) in [6.07, 6.45) is 0. The number of aryl methyl sites for hydroxylation is 1. The number of carbonyl (C=O) groups excluding carboxylic acids is 1. The first-order valence-corrected chi connectivity index (χ1v) is 12.1. The number of methoxy groups -OCH3 is 1. The number of aromatic nitrogens is 1. The second kappa shape index (κ2) is 10.5. The van der Waals surface area contributed by atoms with Gasteiger partial charge in [0.2, 0.25) is 0 Å². The van der Waals surface area contributed by atoms with Crippen molar-refractivity contribution in [3.05, 3.63) is 92.4 Å². The van der Waals surface area contributed by atoms with E-state index in [2.05, 4.69) is 10.3 Å². The van der Waals surface area contributed by atoms with Crippen LogP contribution in [0.1, 0.15) is 31.3 Å². The summed E-state index contributed by atoms with van der Waals surface area (Å²) < 4.78 is 5.46. The molecular formula is C26H20Cl2N2O4S. The van der Waals surface area contributed by atoms with Crippen LogP contribution in [-0.4, -0.2) is 29.1 Å². The third kappa shape index (κ3) is 5.48. The lowest BCUT2D eigenvalue weighted by Crippen LogP contribution is -2.22. The fraction of sp³-hybridized carbons (Fsp3) is 0.115. The maximum atomic E-state index is 13.0. The number of rotatable bonds is 7. The normalized spacial score (nSPS) is 10.7. The summed E-state index contributed by atoms with van der Waals surface area (Å²) in [7, 11) is 1.56. The summed E-state index contributed by atoms with van der Waals surface area (Å²) in [6.45, 7) is 1.98. The molecule has 9 heteroatoms. The number of benzene rings is 3. The van der Waals surface area contributed by atoms with Crippen LogP contribution in [0, 0.1) is 6.92 Å². The molecule has 1 amide bonds. The SMILES string of the molecule is COc1ccc(-c2cccc(C(=O)O)c2)cc1CNC(=O)c1sc(-c2ccc(Cl)cc2Cl)nc1C. The number of aromatic carboxylic acids is 1. The van der Waals surface area contributed by atoms with E-state index in [1.165, 1.54) is 11.3 Å². The van der Waals surface area contributed by atoms with E-state index < -0.39 is 5.97 Å². The van der Waals surface area contributed by atoms with Gasteiger partial charge in [0.25, 0.3) is 5.91 Å². The Bertz CT molecular complexity index is 1430. The Labute approximate surface area is 216 Å². The molecule has 0 aliphatic heterocycles. The van der Waals surface area contributed by atoms with E-state index in [-0.39, 0.29) is 18.0 Å². The summed E-state index contributed by atoms with van der Waals surface area (Å²) in [5, 5.41) is 13.8. The molecule has 2 N–H and O–H groups in total. The third-order valence-electron chi connectivity index (χ3n) is 5.33. The maximum absolute atomic E-state index is 13.0. The molecule has 4 aromatic rings. The highest BCUT2D eigenvalue weighted by molar-refractivity contribution is 7.17. The molecule has 0 aliphatic carbocycles. The first-order valence-electron chi connectivity index (χ1n) is 10.5. The first kappa shape index (κ1) is 24.7. The predicted molar refractivity (Wildman–Crippen MR) is 139 cm³/mol. The Morgan fingerprint density at radius 2 is 1.83 bits per heavy atom. The minimum Gasteiger partial charge on any atom is -0.496 e. The molecule has 6 nitrogen and oxygen atoms in total. The topological polar surface area (TPSA) is 88.5 Å². The van der Waals surface area contributed by atoms with E-state index in [0.29, 0.717) is 36.9 Å². The molecule has 0 unspecified atom stereocenters. The lowest BCUT2D eigenvalue weighted by atomic mass is 10.0. The molecule has 0 saturated heterocycles. The molecule has 0 saturated carbocycles. The molecule has 0 spiro atoms. The lowest BCUT2D eigenvalue weighted by Gasteiger charge is -2.12.